The van der Waals surface area contributed by atoms with Gasteiger partial charge in [0, 0.05) is 11.4 Å². The molecule has 0 aromatic heterocycles. The van der Waals surface area contributed by atoms with Crippen LogP contribution in [0.5, 0.6) is 5.75 Å². The van der Waals surface area contributed by atoms with E-state index in [1.165, 1.54) is 0 Å². The third kappa shape index (κ3) is 2.89. The van der Waals surface area contributed by atoms with Crippen molar-refractivity contribution in [3.05, 3.63) is 27.8 Å². The number of rotatable bonds is 4. The second-order valence-electron chi connectivity index (χ2n) is 3.87. The maximum absolute atomic E-state index is 10.4. The Labute approximate surface area is 99.7 Å². The van der Waals surface area contributed by atoms with Crippen molar-refractivity contribution in [2.75, 3.05) is 0 Å². The van der Waals surface area contributed by atoms with Gasteiger partial charge in [-0.3, -0.25) is 4.79 Å². The first kappa shape index (κ1) is 12.8. The number of aromatic hydroxyl groups is 1. The first-order chi connectivity index (χ1) is 7.43. The summed E-state index contributed by atoms with van der Waals surface area (Å²) in [5, 5.41) is 19.0. The number of phenols is 1. The highest BCUT2D eigenvalue weighted by atomic mass is 35.5. The first-order valence-corrected chi connectivity index (χ1v) is 5.50. The second-order valence-corrected chi connectivity index (χ2v) is 4.28. The van der Waals surface area contributed by atoms with E-state index in [9.17, 15) is 9.90 Å². The van der Waals surface area contributed by atoms with Gasteiger partial charge in [0.1, 0.15) is 5.75 Å². The van der Waals surface area contributed by atoms with E-state index >= 15 is 0 Å². The van der Waals surface area contributed by atoms with Crippen LogP contribution in [0.2, 0.25) is 5.02 Å². The number of hydrogen-bond donors (Lipinski definition) is 2. The number of carbonyl (C=O) groups is 1. The molecule has 0 aliphatic rings. The van der Waals surface area contributed by atoms with Crippen LogP contribution in [0.15, 0.2) is 6.07 Å². The summed E-state index contributed by atoms with van der Waals surface area (Å²) in [6, 6.07) is 1.72. The van der Waals surface area contributed by atoms with Gasteiger partial charge in [0.05, 0.1) is 0 Å². The van der Waals surface area contributed by atoms with Crippen molar-refractivity contribution in [1.82, 2.24) is 0 Å². The molecule has 1 aromatic carbocycles. The molecular weight excluding hydrogens is 228 g/mol. The summed E-state index contributed by atoms with van der Waals surface area (Å²) in [6.45, 7) is 3.61. The van der Waals surface area contributed by atoms with Crippen LogP contribution in [0.3, 0.4) is 0 Å². The summed E-state index contributed by atoms with van der Waals surface area (Å²) in [5.74, 6) is -0.594. The van der Waals surface area contributed by atoms with Crippen LogP contribution in [0, 0.1) is 13.8 Å². The number of hydrogen-bond acceptors (Lipinski definition) is 2. The van der Waals surface area contributed by atoms with Gasteiger partial charge >= 0.3 is 5.97 Å². The Morgan fingerprint density at radius 3 is 2.62 bits per heavy atom. The molecule has 0 heterocycles. The van der Waals surface area contributed by atoms with Crippen LogP contribution in [-0.4, -0.2) is 16.2 Å². The number of carboxylic acid groups (broad SMARTS) is 1. The number of aryl methyl sites for hydroxylation is 1. The summed E-state index contributed by atoms with van der Waals surface area (Å²) >= 11 is 6.01. The normalized spacial score (nSPS) is 10.4. The summed E-state index contributed by atoms with van der Waals surface area (Å²) in [4.78, 5) is 10.4. The molecule has 2 N–H and O–H groups in total. The molecule has 0 aliphatic heterocycles. The molecule has 0 radical (unpaired) electrons. The van der Waals surface area contributed by atoms with Gasteiger partial charge in [-0.05, 0) is 49.4 Å². The van der Waals surface area contributed by atoms with E-state index in [0.717, 1.165) is 16.7 Å². The number of carboxylic acids is 1. The van der Waals surface area contributed by atoms with Gasteiger partial charge in [0.2, 0.25) is 0 Å². The van der Waals surface area contributed by atoms with Crippen molar-refractivity contribution in [3.8, 4) is 5.75 Å². The quantitative estimate of drug-likeness (QED) is 0.853. The second kappa shape index (κ2) is 5.21. The number of aliphatic carboxylic acids is 1. The van der Waals surface area contributed by atoms with E-state index < -0.39 is 5.97 Å². The molecule has 0 fully saturated rings. The van der Waals surface area contributed by atoms with Crippen molar-refractivity contribution >= 4 is 17.6 Å². The molecule has 0 amide bonds. The topological polar surface area (TPSA) is 57.5 Å². The molecule has 0 unspecified atom stereocenters. The third-order valence-electron chi connectivity index (χ3n) is 2.63. The SMILES string of the molecule is Cc1cc(Cl)c(C)c(CCCC(=O)O)c1O. The van der Waals surface area contributed by atoms with E-state index in [-0.39, 0.29) is 12.2 Å². The molecule has 1 rings (SSSR count). The zero-order valence-electron chi connectivity index (χ0n) is 9.38. The van der Waals surface area contributed by atoms with Crippen molar-refractivity contribution in [3.63, 3.8) is 0 Å². The molecule has 0 bridgehead atoms. The Bertz CT molecular complexity index is 387. The minimum atomic E-state index is -0.823. The van der Waals surface area contributed by atoms with E-state index in [1.807, 2.05) is 6.92 Å². The monoisotopic (exact) mass is 242 g/mol. The molecule has 16 heavy (non-hydrogen) atoms. The molecule has 0 atom stereocenters. The van der Waals surface area contributed by atoms with Gasteiger partial charge in [-0.25, -0.2) is 0 Å². The van der Waals surface area contributed by atoms with E-state index in [2.05, 4.69) is 0 Å². The summed E-state index contributed by atoms with van der Waals surface area (Å²) in [6.07, 6.45) is 1.14. The fourth-order valence-electron chi connectivity index (χ4n) is 1.65. The Morgan fingerprint density at radius 1 is 1.44 bits per heavy atom. The van der Waals surface area contributed by atoms with Gasteiger partial charge in [0.15, 0.2) is 0 Å². The largest absolute Gasteiger partial charge is 0.507 e. The highest BCUT2D eigenvalue weighted by Crippen LogP contribution is 2.32. The predicted octanol–water partition coefficient (Wildman–Crippen LogP) is 3.07. The van der Waals surface area contributed by atoms with E-state index in [4.69, 9.17) is 16.7 Å². The number of benzene rings is 1. The molecule has 4 heteroatoms. The molecule has 0 saturated carbocycles. The number of phenolic OH excluding ortho intramolecular Hbond substituents is 1. The van der Waals surface area contributed by atoms with E-state index in [1.54, 1.807) is 13.0 Å². The Hall–Kier alpha value is -1.22. The van der Waals surface area contributed by atoms with Crippen molar-refractivity contribution < 1.29 is 15.0 Å². The average Bonchev–Trinajstić information content (AvgIpc) is 2.20. The minimum absolute atomic E-state index is 0.102. The molecule has 88 valence electrons. The van der Waals surface area contributed by atoms with Crippen molar-refractivity contribution in [2.45, 2.75) is 33.1 Å². The Kier molecular flexibility index (Phi) is 4.19. The summed E-state index contributed by atoms with van der Waals surface area (Å²) in [7, 11) is 0. The Morgan fingerprint density at radius 2 is 2.06 bits per heavy atom. The molecule has 3 nitrogen and oxygen atoms in total. The summed E-state index contributed by atoms with van der Waals surface area (Å²) < 4.78 is 0. The Balaban J connectivity index is 2.90. The fraction of sp³-hybridized carbons (Fsp3) is 0.417. The van der Waals surface area contributed by atoms with Crippen molar-refractivity contribution in [1.29, 1.82) is 0 Å². The molecule has 0 aliphatic carbocycles. The van der Waals surface area contributed by atoms with Gasteiger partial charge in [-0.2, -0.15) is 0 Å². The van der Waals surface area contributed by atoms with Crippen LogP contribution in [0.1, 0.15) is 29.5 Å². The highest BCUT2D eigenvalue weighted by molar-refractivity contribution is 6.31. The molecular formula is C12H15ClO3. The van der Waals surface area contributed by atoms with Gasteiger partial charge in [-0.15, -0.1) is 0 Å². The maximum Gasteiger partial charge on any atom is 0.303 e. The maximum atomic E-state index is 10.4. The fourth-order valence-corrected chi connectivity index (χ4v) is 1.93. The lowest BCUT2D eigenvalue weighted by molar-refractivity contribution is -0.137. The first-order valence-electron chi connectivity index (χ1n) is 5.12. The van der Waals surface area contributed by atoms with Gasteiger partial charge in [0.25, 0.3) is 0 Å². The average molecular weight is 243 g/mol. The van der Waals surface area contributed by atoms with E-state index in [0.29, 0.717) is 17.9 Å². The van der Waals surface area contributed by atoms with Crippen LogP contribution >= 0.6 is 11.6 Å². The zero-order chi connectivity index (χ0) is 12.3. The van der Waals surface area contributed by atoms with Crippen molar-refractivity contribution in [2.24, 2.45) is 0 Å². The lowest BCUT2D eigenvalue weighted by Crippen LogP contribution is -1.98. The lowest BCUT2D eigenvalue weighted by atomic mass is 9.99. The smallest absolute Gasteiger partial charge is 0.303 e. The standard InChI is InChI=1S/C12H15ClO3/c1-7-6-10(13)8(2)9(12(7)16)4-3-5-11(14)15/h6,16H,3-5H2,1-2H3,(H,14,15). The number of halogens is 1. The zero-order valence-corrected chi connectivity index (χ0v) is 10.1. The predicted molar refractivity (Wildman–Crippen MR) is 63.2 cm³/mol. The van der Waals surface area contributed by atoms with Crippen LogP contribution in [-0.2, 0) is 11.2 Å². The van der Waals surface area contributed by atoms with Crippen LogP contribution in [0.4, 0.5) is 0 Å². The third-order valence-corrected chi connectivity index (χ3v) is 3.02. The highest BCUT2D eigenvalue weighted by Gasteiger charge is 2.11. The minimum Gasteiger partial charge on any atom is -0.507 e. The van der Waals surface area contributed by atoms with Crippen LogP contribution < -0.4 is 0 Å². The lowest BCUT2D eigenvalue weighted by Gasteiger charge is -2.12. The molecule has 0 spiro atoms. The van der Waals surface area contributed by atoms with Crippen LogP contribution in [0.25, 0.3) is 0 Å². The molecule has 0 saturated heterocycles. The summed E-state index contributed by atoms with van der Waals surface area (Å²) in [5.41, 5.74) is 2.31. The van der Waals surface area contributed by atoms with Gasteiger partial charge in [-0.1, -0.05) is 11.6 Å². The molecule has 1 aromatic rings. The van der Waals surface area contributed by atoms with Gasteiger partial charge < -0.3 is 10.2 Å².